The average Bonchev–Trinajstić information content (AvgIpc) is 3.35. The Bertz CT molecular complexity index is 1070. The number of amidine groups is 1. The first kappa shape index (κ1) is 19.8. The Hall–Kier alpha value is -3.52. The predicted octanol–water partition coefficient (Wildman–Crippen LogP) is 2.11. The van der Waals surface area contributed by atoms with Gasteiger partial charge in [0.25, 0.3) is 0 Å². The standard InChI is InChI=1S/C22H26N6O2/c1-15-18(13-21(23)29)19-12-17(30-11-5-8-22-24-26-27-25-22)9-10-20(19)28(15)14-16-6-3-2-4-7-16/h2-4,6-7,9-10,12,26-27H,5,8,11,13-14H2,1H3,(H2,23,29)(H,24,25). The number of hydrogen-bond acceptors (Lipinski definition) is 6. The van der Waals surface area contributed by atoms with Crippen molar-refractivity contribution in [1.29, 1.82) is 0 Å². The van der Waals surface area contributed by atoms with E-state index in [4.69, 9.17) is 10.5 Å². The second-order valence-electron chi connectivity index (χ2n) is 7.33. The number of amides is 1. The van der Waals surface area contributed by atoms with E-state index < -0.39 is 0 Å². The SMILES string of the molecule is Cc1c(CC(N)=O)c2cc(OCCCC3=NNNN3)ccc2n1Cc1ccccc1. The third-order valence-electron chi connectivity index (χ3n) is 5.24. The Kier molecular flexibility index (Phi) is 5.85. The topological polar surface area (TPSA) is 106 Å². The fourth-order valence-electron chi connectivity index (χ4n) is 3.76. The fraction of sp³-hybridized carbons (Fsp3) is 0.273. The molecule has 4 rings (SSSR count). The molecule has 0 radical (unpaired) electrons. The van der Waals surface area contributed by atoms with Gasteiger partial charge < -0.3 is 15.0 Å². The molecule has 156 valence electrons. The minimum atomic E-state index is -0.338. The predicted molar refractivity (Wildman–Crippen MR) is 117 cm³/mol. The molecule has 8 nitrogen and oxygen atoms in total. The molecule has 0 atom stereocenters. The number of nitrogens with one attached hydrogen (secondary N) is 3. The maximum atomic E-state index is 11.7. The van der Waals surface area contributed by atoms with Gasteiger partial charge in [-0.25, -0.2) is 5.53 Å². The molecule has 0 unspecified atom stereocenters. The van der Waals surface area contributed by atoms with Crippen molar-refractivity contribution in [2.75, 3.05) is 6.61 Å². The molecular weight excluding hydrogens is 380 g/mol. The van der Waals surface area contributed by atoms with Crippen LogP contribution >= 0.6 is 0 Å². The maximum absolute atomic E-state index is 11.7. The number of hydrazone groups is 1. The minimum Gasteiger partial charge on any atom is -0.494 e. The highest BCUT2D eigenvalue weighted by Gasteiger charge is 2.17. The van der Waals surface area contributed by atoms with E-state index in [-0.39, 0.29) is 12.3 Å². The lowest BCUT2D eigenvalue weighted by Gasteiger charge is -2.10. The van der Waals surface area contributed by atoms with Crippen molar-refractivity contribution in [3.05, 3.63) is 65.4 Å². The molecule has 3 aromatic rings. The quantitative estimate of drug-likeness (QED) is 0.407. The first-order chi connectivity index (χ1) is 14.6. The zero-order valence-electron chi connectivity index (χ0n) is 16.9. The molecule has 1 aromatic heterocycles. The number of carbonyl (C=O) groups excluding carboxylic acids is 1. The van der Waals surface area contributed by atoms with Gasteiger partial charge in [-0.15, -0.1) is 10.6 Å². The molecule has 0 saturated heterocycles. The van der Waals surface area contributed by atoms with Crippen molar-refractivity contribution in [2.45, 2.75) is 32.7 Å². The molecule has 0 saturated carbocycles. The van der Waals surface area contributed by atoms with E-state index in [0.717, 1.165) is 53.1 Å². The van der Waals surface area contributed by atoms with Gasteiger partial charge in [-0.2, -0.15) is 0 Å². The van der Waals surface area contributed by atoms with Gasteiger partial charge in [0.15, 0.2) is 0 Å². The summed E-state index contributed by atoms with van der Waals surface area (Å²) in [4.78, 5) is 11.7. The summed E-state index contributed by atoms with van der Waals surface area (Å²) in [6, 6.07) is 16.3. The van der Waals surface area contributed by atoms with Gasteiger partial charge in [-0.1, -0.05) is 30.3 Å². The fourth-order valence-corrected chi connectivity index (χ4v) is 3.76. The Balaban J connectivity index is 1.56. The Morgan fingerprint density at radius 1 is 1.20 bits per heavy atom. The number of nitrogens with zero attached hydrogens (tertiary/aromatic N) is 2. The molecule has 1 amide bonds. The van der Waals surface area contributed by atoms with Crippen LogP contribution in [-0.2, 0) is 17.8 Å². The van der Waals surface area contributed by atoms with Crippen molar-refractivity contribution in [2.24, 2.45) is 10.8 Å². The van der Waals surface area contributed by atoms with Gasteiger partial charge >= 0.3 is 0 Å². The van der Waals surface area contributed by atoms with Crippen molar-refractivity contribution < 1.29 is 9.53 Å². The zero-order chi connectivity index (χ0) is 20.9. The Morgan fingerprint density at radius 2 is 2.03 bits per heavy atom. The van der Waals surface area contributed by atoms with Gasteiger partial charge in [0.2, 0.25) is 5.91 Å². The Labute approximate surface area is 175 Å². The zero-order valence-corrected chi connectivity index (χ0v) is 16.9. The van der Waals surface area contributed by atoms with Crippen LogP contribution < -0.4 is 27.0 Å². The summed E-state index contributed by atoms with van der Waals surface area (Å²) < 4.78 is 8.19. The molecule has 30 heavy (non-hydrogen) atoms. The minimum absolute atomic E-state index is 0.207. The number of fused-ring (bicyclic) bond motifs is 1. The number of rotatable bonds is 9. The molecular formula is C22H26N6O2. The smallest absolute Gasteiger partial charge is 0.221 e. The van der Waals surface area contributed by atoms with Crippen LogP contribution in [0.5, 0.6) is 5.75 Å². The first-order valence-corrected chi connectivity index (χ1v) is 10.0. The summed E-state index contributed by atoms with van der Waals surface area (Å²) in [7, 11) is 0. The van der Waals surface area contributed by atoms with E-state index in [0.29, 0.717) is 6.61 Å². The number of hydrogen-bond donors (Lipinski definition) is 4. The van der Waals surface area contributed by atoms with Gasteiger partial charge in [0.1, 0.15) is 11.6 Å². The molecule has 1 aliphatic heterocycles. The first-order valence-electron chi connectivity index (χ1n) is 10.0. The highest BCUT2D eigenvalue weighted by atomic mass is 16.5. The van der Waals surface area contributed by atoms with Gasteiger partial charge in [0, 0.05) is 29.6 Å². The van der Waals surface area contributed by atoms with Crippen LogP contribution in [0.3, 0.4) is 0 Å². The molecule has 0 bridgehead atoms. The summed E-state index contributed by atoms with van der Waals surface area (Å²) in [6.45, 7) is 3.35. The maximum Gasteiger partial charge on any atom is 0.221 e. The highest BCUT2D eigenvalue weighted by molar-refractivity contribution is 5.91. The summed E-state index contributed by atoms with van der Waals surface area (Å²) >= 11 is 0. The number of benzene rings is 2. The summed E-state index contributed by atoms with van der Waals surface area (Å²) in [5, 5.41) is 5.06. The lowest BCUT2D eigenvalue weighted by atomic mass is 10.1. The molecule has 5 N–H and O–H groups in total. The number of nitrogens with two attached hydrogens (primary N) is 1. The molecule has 0 fully saturated rings. The number of ether oxygens (including phenoxy) is 1. The molecule has 0 aliphatic carbocycles. The third-order valence-corrected chi connectivity index (χ3v) is 5.24. The average molecular weight is 406 g/mol. The Morgan fingerprint density at radius 3 is 2.77 bits per heavy atom. The van der Waals surface area contributed by atoms with E-state index in [1.54, 1.807) is 0 Å². The lowest BCUT2D eigenvalue weighted by Crippen LogP contribution is -2.35. The van der Waals surface area contributed by atoms with Crippen LogP contribution in [-0.4, -0.2) is 22.9 Å². The normalized spacial score (nSPS) is 13.0. The molecule has 8 heteroatoms. The molecule has 1 aliphatic rings. The van der Waals surface area contributed by atoms with Crippen LogP contribution in [0.15, 0.2) is 53.6 Å². The van der Waals surface area contributed by atoms with Crippen LogP contribution in [0.4, 0.5) is 0 Å². The number of aromatic nitrogens is 1. The van der Waals surface area contributed by atoms with Crippen molar-refractivity contribution >= 4 is 22.6 Å². The van der Waals surface area contributed by atoms with E-state index in [1.165, 1.54) is 5.56 Å². The molecule has 2 heterocycles. The summed E-state index contributed by atoms with van der Waals surface area (Å²) in [5.41, 5.74) is 18.1. The van der Waals surface area contributed by atoms with Crippen LogP contribution in [0, 0.1) is 6.92 Å². The van der Waals surface area contributed by atoms with Crippen LogP contribution in [0.2, 0.25) is 0 Å². The van der Waals surface area contributed by atoms with Gasteiger partial charge in [0.05, 0.1) is 13.0 Å². The van der Waals surface area contributed by atoms with E-state index in [9.17, 15) is 4.79 Å². The monoisotopic (exact) mass is 406 g/mol. The van der Waals surface area contributed by atoms with Crippen molar-refractivity contribution in [3.63, 3.8) is 0 Å². The second-order valence-corrected chi connectivity index (χ2v) is 7.33. The van der Waals surface area contributed by atoms with Crippen LogP contribution in [0.1, 0.15) is 29.7 Å². The highest BCUT2D eigenvalue weighted by Crippen LogP contribution is 2.30. The largest absolute Gasteiger partial charge is 0.494 e. The molecule has 2 aromatic carbocycles. The third kappa shape index (κ3) is 4.38. The summed E-state index contributed by atoms with van der Waals surface area (Å²) in [5.74, 6) is 1.30. The summed E-state index contributed by atoms with van der Waals surface area (Å²) in [6.07, 6.45) is 1.82. The number of primary amides is 1. The second kappa shape index (κ2) is 8.87. The van der Waals surface area contributed by atoms with Crippen LogP contribution in [0.25, 0.3) is 10.9 Å². The van der Waals surface area contributed by atoms with Gasteiger partial charge in [-0.3, -0.25) is 10.2 Å². The van der Waals surface area contributed by atoms with Crippen molar-refractivity contribution in [3.8, 4) is 5.75 Å². The molecule has 0 spiro atoms. The van der Waals surface area contributed by atoms with E-state index in [1.807, 2.05) is 37.3 Å². The lowest BCUT2D eigenvalue weighted by molar-refractivity contribution is -0.117. The number of carbonyl (C=O) groups is 1. The van der Waals surface area contributed by atoms with Crippen molar-refractivity contribution in [1.82, 2.24) is 21.1 Å². The van der Waals surface area contributed by atoms with E-state index in [2.05, 4.69) is 44.4 Å². The van der Waals surface area contributed by atoms with Gasteiger partial charge in [-0.05, 0) is 42.7 Å². The number of hydrazine groups is 2. The van der Waals surface area contributed by atoms with E-state index >= 15 is 0 Å².